The van der Waals surface area contributed by atoms with E-state index in [1.54, 1.807) is 30.3 Å². The maximum Gasteiger partial charge on any atom is 0.387 e. The number of halogens is 2. The zero-order valence-corrected chi connectivity index (χ0v) is 13.7. The number of rotatable bonds is 7. The van der Waals surface area contributed by atoms with Crippen molar-refractivity contribution in [1.82, 2.24) is 5.32 Å². The summed E-state index contributed by atoms with van der Waals surface area (Å²) in [5.74, 6) is -1.18. The summed E-state index contributed by atoms with van der Waals surface area (Å²) in [6.07, 6.45) is 0.737. The summed E-state index contributed by atoms with van der Waals surface area (Å²) in [5.41, 5.74) is 0.684. The molecule has 3 rings (SSSR count). The van der Waals surface area contributed by atoms with Crippen LogP contribution in [0, 0.1) is 0 Å². The van der Waals surface area contributed by atoms with Gasteiger partial charge in [-0.2, -0.15) is 8.78 Å². The van der Waals surface area contributed by atoms with Gasteiger partial charge in [0.1, 0.15) is 5.75 Å². The molecule has 5 nitrogen and oxygen atoms in total. The fraction of sp³-hybridized carbons (Fsp3) is 0.263. The zero-order valence-electron chi connectivity index (χ0n) is 13.7. The lowest BCUT2D eigenvalue weighted by Crippen LogP contribution is -2.33. The van der Waals surface area contributed by atoms with Gasteiger partial charge >= 0.3 is 12.6 Å². The number of benzene rings is 2. The van der Waals surface area contributed by atoms with Gasteiger partial charge in [-0.25, -0.2) is 4.79 Å². The summed E-state index contributed by atoms with van der Waals surface area (Å²) in [4.78, 5) is 24.8. The van der Waals surface area contributed by atoms with Gasteiger partial charge in [0.05, 0.1) is 5.56 Å². The number of carbonyl (C=O) groups excluding carboxylic acids is 2. The predicted molar refractivity (Wildman–Crippen MR) is 88.8 cm³/mol. The van der Waals surface area contributed by atoms with E-state index in [9.17, 15) is 18.4 Å². The van der Waals surface area contributed by atoms with Gasteiger partial charge in [-0.1, -0.05) is 30.3 Å². The van der Waals surface area contributed by atoms with Crippen LogP contribution in [0.2, 0.25) is 0 Å². The highest BCUT2D eigenvalue weighted by molar-refractivity contribution is 5.93. The molecule has 2 aromatic carbocycles. The lowest BCUT2D eigenvalue weighted by Gasteiger charge is -2.18. The van der Waals surface area contributed by atoms with Crippen molar-refractivity contribution in [2.75, 3.05) is 0 Å². The van der Waals surface area contributed by atoms with Crippen LogP contribution in [0.1, 0.15) is 34.9 Å². The third-order valence-electron chi connectivity index (χ3n) is 3.80. The monoisotopic (exact) mass is 361 g/mol. The number of amides is 1. The fourth-order valence-electron chi connectivity index (χ4n) is 2.35. The standard InChI is InChI=1S/C19H17F2NO4/c20-19(21)25-15-10-6-13(7-11-15)18(24)26-16(12-4-2-1-3-5-12)17(23)22-14-8-9-14/h1-7,10-11,14,16,19H,8-9H2,(H,22,23)/t16-/m1/s1. The minimum absolute atomic E-state index is 0.0670. The molecule has 0 heterocycles. The van der Waals surface area contributed by atoms with Crippen LogP contribution in [0.4, 0.5) is 8.78 Å². The molecule has 0 aromatic heterocycles. The average Bonchev–Trinajstić information content (AvgIpc) is 3.44. The number of ether oxygens (including phenoxy) is 2. The minimum atomic E-state index is -2.94. The normalized spacial score (nSPS) is 14.6. The first-order chi connectivity index (χ1) is 12.5. The molecule has 7 heteroatoms. The molecule has 0 bridgehead atoms. The fourth-order valence-corrected chi connectivity index (χ4v) is 2.35. The van der Waals surface area contributed by atoms with Crippen LogP contribution in [-0.4, -0.2) is 24.5 Å². The molecule has 2 aromatic rings. The smallest absolute Gasteiger partial charge is 0.387 e. The highest BCUT2D eigenvalue weighted by Crippen LogP contribution is 2.24. The van der Waals surface area contributed by atoms with Crippen molar-refractivity contribution in [1.29, 1.82) is 0 Å². The minimum Gasteiger partial charge on any atom is -0.444 e. The molecular formula is C19H17F2NO4. The molecule has 136 valence electrons. The molecule has 0 saturated heterocycles. The molecule has 1 aliphatic rings. The van der Waals surface area contributed by atoms with Crippen LogP contribution < -0.4 is 10.1 Å². The Kier molecular flexibility index (Phi) is 5.46. The van der Waals surface area contributed by atoms with Gasteiger partial charge in [0.2, 0.25) is 6.10 Å². The SMILES string of the molecule is O=C(O[C@@H](C(=O)NC1CC1)c1ccccc1)c1ccc(OC(F)F)cc1. The lowest BCUT2D eigenvalue weighted by atomic mass is 10.1. The molecule has 1 saturated carbocycles. The first-order valence-electron chi connectivity index (χ1n) is 8.14. The van der Waals surface area contributed by atoms with Crippen LogP contribution in [0.5, 0.6) is 5.75 Å². The van der Waals surface area contributed by atoms with E-state index < -0.39 is 18.7 Å². The molecule has 1 N–H and O–H groups in total. The first kappa shape index (κ1) is 17.8. The number of hydrogen-bond acceptors (Lipinski definition) is 4. The molecule has 0 aliphatic heterocycles. The molecule has 26 heavy (non-hydrogen) atoms. The summed E-state index contributed by atoms with van der Waals surface area (Å²) in [5, 5.41) is 2.82. The van der Waals surface area contributed by atoms with Crippen LogP contribution in [0.25, 0.3) is 0 Å². The molecule has 1 amide bonds. The van der Waals surface area contributed by atoms with E-state index >= 15 is 0 Å². The Hall–Kier alpha value is -2.96. The van der Waals surface area contributed by atoms with Crippen molar-refractivity contribution >= 4 is 11.9 Å². The number of carbonyl (C=O) groups is 2. The van der Waals surface area contributed by atoms with Crippen molar-refractivity contribution in [2.24, 2.45) is 0 Å². The summed E-state index contributed by atoms with van der Waals surface area (Å²) < 4.78 is 34.0. The maximum atomic E-state index is 12.4. The molecular weight excluding hydrogens is 344 g/mol. The quantitative estimate of drug-likeness (QED) is 0.767. The van der Waals surface area contributed by atoms with Gasteiger partial charge in [0, 0.05) is 11.6 Å². The van der Waals surface area contributed by atoms with Gasteiger partial charge in [0.15, 0.2) is 0 Å². The second-order valence-electron chi connectivity index (χ2n) is 5.88. The van der Waals surface area contributed by atoms with E-state index in [1.165, 1.54) is 24.3 Å². The van der Waals surface area contributed by atoms with Gasteiger partial charge < -0.3 is 14.8 Å². The molecule has 0 spiro atoms. The van der Waals surface area contributed by atoms with Crippen molar-refractivity contribution < 1.29 is 27.8 Å². The van der Waals surface area contributed by atoms with Crippen molar-refractivity contribution in [3.63, 3.8) is 0 Å². The van der Waals surface area contributed by atoms with Gasteiger partial charge in [-0.3, -0.25) is 4.79 Å². The topological polar surface area (TPSA) is 64.6 Å². The summed E-state index contributed by atoms with van der Waals surface area (Å²) in [7, 11) is 0. The average molecular weight is 361 g/mol. The Balaban J connectivity index is 1.73. The van der Waals surface area contributed by atoms with Gasteiger partial charge in [-0.05, 0) is 37.1 Å². The Morgan fingerprint density at radius 2 is 1.65 bits per heavy atom. The Bertz CT molecular complexity index is 761. The molecule has 1 aliphatic carbocycles. The Labute approximate surface area is 148 Å². The maximum absolute atomic E-state index is 12.4. The lowest BCUT2D eigenvalue weighted by molar-refractivity contribution is -0.130. The largest absolute Gasteiger partial charge is 0.444 e. The van der Waals surface area contributed by atoms with Gasteiger partial charge in [-0.15, -0.1) is 0 Å². The van der Waals surface area contributed by atoms with E-state index in [0.717, 1.165) is 12.8 Å². The van der Waals surface area contributed by atoms with Crippen molar-refractivity contribution in [2.45, 2.75) is 31.6 Å². The number of alkyl halides is 2. The van der Waals surface area contributed by atoms with E-state index in [1.807, 2.05) is 0 Å². The number of esters is 1. The second kappa shape index (κ2) is 7.95. The second-order valence-corrected chi connectivity index (χ2v) is 5.88. The Morgan fingerprint density at radius 1 is 1.00 bits per heavy atom. The number of hydrogen-bond donors (Lipinski definition) is 1. The van der Waals surface area contributed by atoms with E-state index in [-0.39, 0.29) is 23.3 Å². The molecule has 1 fully saturated rings. The van der Waals surface area contributed by atoms with Crippen molar-refractivity contribution in [3.05, 3.63) is 65.7 Å². The summed E-state index contributed by atoms with van der Waals surface area (Å²) in [6.45, 7) is -2.94. The van der Waals surface area contributed by atoms with Crippen molar-refractivity contribution in [3.8, 4) is 5.75 Å². The first-order valence-corrected chi connectivity index (χ1v) is 8.14. The van der Waals surface area contributed by atoms with E-state index in [4.69, 9.17) is 4.74 Å². The van der Waals surface area contributed by atoms with Crippen LogP contribution in [-0.2, 0) is 9.53 Å². The third kappa shape index (κ3) is 4.78. The van der Waals surface area contributed by atoms with E-state index in [0.29, 0.717) is 5.56 Å². The zero-order chi connectivity index (χ0) is 18.5. The summed E-state index contributed by atoms with van der Waals surface area (Å²) >= 11 is 0. The third-order valence-corrected chi connectivity index (χ3v) is 3.80. The van der Waals surface area contributed by atoms with E-state index in [2.05, 4.69) is 10.1 Å². The Morgan fingerprint density at radius 3 is 2.23 bits per heavy atom. The van der Waals surface area contributed by atoms with Gasteiger partial charge in [0.25, 0.3) is 5.91 Å². The molecule has 1 atom stereocenters. The number of nitrogens with one attached hydrogen (secondary N) is 1. The highest BCUT2D eigenvalue weighted by atomic mass is 19.3. The molecule has 0 unspecified atom stereocenters. The van der Waals surface area contributed by atoms with Crippen LogP contribution in [0.3, 0.4) is 0 Å². The molecule has 0 radical (unpaired) electrons. The summed E-state index contributed by atoms with van der Waals surface area (Å²) in [6, 6.07) is 13.9. The predicted octanol–water partition coefficient (Wildman–Crippen LogP) is 3.46. The highest BCUT2D eigenvalue weighted by Gasteiger charge is 2.31. The van der Waals surface area contributed by atoms with Crippen LogP contribution >= 0.6 is 0 Å². The van der Waals surface area contributed by atoms with Crippen LogP contribution in [0.15, 0.2) is 54.6 Å².